The first-order valence-corrected chi connectivity index (χ1v) is 5.34. The van der Waals surface area contributed by atoms with Crippen molar-refractivity contribution >= 4 is 49.4 Å². The number of aromatic nitrogens is 1. The molecule has 74 valence electrons. The Labute approximate surface area is 105 Å². The van der Waals surface area contributed by atoms with Crippen molar-refractivity contribution < 1.29 is 0 Å². The van der Waals surface area contributed by atoms with Crippen LogP contribution in [0.1, 0.15) is 0 Å². The van der Waals surface area contributed by atoms with E-state index in [1.54, 1.807) is 6.20 Å². The van der Waals surface area contributed by atoms with Crippen LogP contribution in [0.25, 0.3) is 10.4 Å². The summed E-state index contributed by atoms with van der Waals surface area (Å²) in [6.45, 7) is 0. The number of hydrogen-bond acceptors (Lipinski definition) is 3. The van der Waals surface area contributed by atoms with Crippen LogP contribution in [0.2, 0.25) is 0 Å². The standard InChI is InChI=1S/C9H7BrN2S.BrH/c10-7-3-1-6(2-4-7)8-5-12-9(11)13-8;/h1-5H,(H2,11,12);1H. The van der Waals surface area contributed by atoms with Gasteiger partial charge in [0.25, 0.3) is 0 Å². The van der Waals surface area contributed by atoms with E-state index >= 15 is 0 Å². The van der Waals surface area contributed by atoms with E-state index in [2.05, 4.69) is 20.9 Å². The van der Waals surface area contributed by atoms with Crippen LogP contribution in [0, 0.1) is 0 Å². The molecule has 0 unspecified atom stereocenters. The molecule has 0 saturated heterocycles. The Morgan fingerprint density at radius 3 is 2.36 bits per heavy atom. The molecule has 2 N–H and O–H groups in total. The van der Waals surface area contributed by atoms with Gasteiger partial charge in [-0.25, -0.2) is 4.98 Å². The topological polar surface area (TPSA) is 38.9 Å². The summed E-state index contributed by atoms with van der Waals surface area (Å²) in [5.74, 6) is 0. The van der Waals surface area contributed by atoms with Crippen molar-refractivity contribution in [3.8, 4) is 10.4 Å². The molecule has 0 bridgehead atoms. The van der Waals surface area contributed by atoms with Crippen molar-refractivity contribution in [3.63, 3.8) is 0 Å². The van der Waals surface area contributed by atoms with Gasteiger partial charge in [0.15, 0.2) is 5.13 Å². The van der Waals surface area contributed by atoms with E-state index < -0.39 is 0 Å². The van der Waals surface area contributed by atoms with Gasteiger partial charge in [-0.15, -0.1) is 17.0 Å². The lowest BCUT2D eigenvalue weighted by Gasteiger charge is -1.95. The van der Waals surface area contributed by atoms with Gasteiger partial charge in [0.05, 0.1) is 4.88 Å². The monoisotopic (exact) mass is 334 g/mol. The minimum atomic E-state index is 0. The lowest BCUT2D eigenvalue weighted by atomic mass is 10.2. The number of thiazole rings is 1. The number of nitrogens with zero attached hydrogens (tertiary/aromatic N) is 1. The molecule has 1 aromatic carbocycles. The summed E-state index contributed by atoms with van der Waals surface area (Å²) in [7, 11) is 0. The van der Waals surface area contributed by atoms with Crippen molar-refractivity contribution in [2.45, 2.75) is 0 Å². The van der Waals surface area contributed by atoms with Gasteiger partial charge >= 0.3 is 0 Å². The fourth-order valence-electron chi connectivity index (χ4n) is 1.04. The number of anilines is 1. The highest BCUT2D eigenvalue weighted by atomic mass is 79.9. The molecule has 0 aliphatic heterocycles. The minimum Gasteiger partial charge on any atom is -0.375 e. The molecular weight excluding hydrogens is 328 g/mol. The molecule has 0 amide bonds. The van der Waals surface area contributed by atoms with Crippen LogP contribution in [0.3, 0.4) is 0 Å². The van der Waals surface area contributed by atoms with Crippen LogP contribution in [0.5, 0.6) is 0 Å². The summed E-state index contributed by atoms with van der Waals surface area (Å²) < 4.78 is 1.08. The number of halogens is 2. The highest BCUT2D eigenvalue weighted by Crippen LogP contribution is 2.27. The third-order valence-electron chi connectivity index (χ3n) is 1.65. The van der Waals surface area contributed by atoms with E-state index in [-0.39, 0.29) is 17.0 Å². The van der Waals surface area contributed by atoms with Gasteiger partial charge in [-0.2, -0.15) is 0 Å². The lowest BCUT2D eigenvalue weighted by molar-refractivity contribution is 1.42. The van der Waals surface area contributed by atoms with Crippen LogP contribution in [-0.4, -0.2) is 4.98 Å². The molecule has 2 nitrogen and oxygen atoms in total. The van der Waals surface area contributed by atoms with Crippen LogP contribution in [0.15, 0.2) is 34.9 Å². The Morgan fingerprint density at radius 1 is 1.21 bits per heavy atom. The minimum absolute atomic E-state index is 0. The maximum absolute atomic E-state index is 5.54. The molecule has 1 aromatic heterocycles. The van der Waals surface area contributed by atoms with E-state index in [9.17, 15) is 0 Å². The molecule has 2 aromatic rings. The molecule has 0 spiro atoms. The Kier molecular flexibility index (Phi) is 4.10. The van der Waals surface area contributed by atoms with Gasteiger partial charge in [0.2, 0.25) is 0 Å². The SMILES string of the molecule is Br.Nc1ncc(-c2ccc(Br)cc2)s1. The fourth-order valence-corrected chi connectivity index (χ4v) is 1.99. The van der Waals surface area contributed by atoms with Crippen molar-refractivity contribution in [2.24, 2.45) is 0 Å². The molecule has 0 fully saturated rings. The van der Waals surface area contributed by atoms with E-state index in [1.165, 1.54) is 11.3 Å². The highest BCUT2D eigenvalue weighted by Gasteiger charge is 2.00. The van der Waals surface area contributed by atoms with E-state index in [0.29, 0.717) is 5.13 Å². The normalized spacial score (nSPS) is 9.50. The fraction of sp³-hybridized carbons (Fsp3) is 0. The largest absolute Gasteiger partial charge is 0.375 e. The zero-order valence-electron chi connectivity index (χ0n) is 7.11. The van der Waals surface area contributed by atoms with E-state index in [1.807, 2.05) is 24.3 Å². The number of rotatable bonds is 1. The molecule has 0 saturated carbocycles. The molecule has 0 radical (unpaired) electrons. The highest BCUT2D eigenvalue weighted by molar-refractivity contribution is 9.10. The van der Waals surface area contributed by atoms with Crippen molar-refractivity contribution in [3.05, 3.63) is 34.9 Å². The zero-order valence-corrected chi connectivity index (χ0v) is 11.2. The van der Waals surface area contributed by atoms with Crippen LogP contribution < -0.4 is 5.73 Å². The number of nitrogen functional groups attached to an aromatic ring is 1. The molecular formula is C9H8Br2N2S. The predicted octanol–water partition coefficient (Wildman–Crippen LogP) is 3.73. The first-order valence-electron chi connectivity index (χ1n) is 3.73. The van der Waals surface area contributed by atoms with Crippen molar-refractivity contribution in [2.75, 3.05) is 5.73 Å². The summed E-state index contributed by atoms with van der Waals surface area (Å²) in [6.07, 6.45) is 1.79. The first-order chi connectivity index (χ1) is 6.25. The third-order valence-corrected chi connectivity index (χ3v) is 3.06. The van der Waals surface area contributed by atoms with Gasteiger partial charge in [0, 0.05) is 10.7 Å². The van der Waals surface area contributed by atoms with Crippen molar-refractivity contribution in [1.29, 1.82) is 0 Å². The zero-order chi connectivity index (χ0) is 9.26. The quantitative estimate of drug-likeness (QED) is 0.862. The van der Waals surface area contributed by atoms with Gasteiger partial charge in [-0.3, -0.25) is 0 Å². The number of hydrogen-bond donors (Lipinski definition) is 1. The summed E-state index contributed by atoms with van der Waals surface area (Å²) in [4.78, 5) is 5.10. The molecule has 1 heterocycles. The maximum atomic E-state index is 5.54. The molecule has 0 atom stereocenters. The third kappa shape index (κ3) is 2.56. The molecule has 0 aliphatic carbocycles. The molecule has 2 rings (SSSR count). The van der Waals surface area contributed by atoms with Crippen LogP contribution >= 0.6 is 44.2 Å². The van der Waals surface area contributed by atoms with Gasteiger partial charge in [-0.05, 0) is 17.7 Å². The first kappa shape index (κ1) is 11.7. The number of nitrogens with two attached hydrogens (primary N) is 1. The average Bonchev–Trinajstić information content (AvgIpc) is 2.53. The lowest BCUT2D eigenvalue weighted by Crippen LogP contribution is -1.77. The molecule has 5 heteroatoms. The second-order valence-corrected chi connectivity index (χ2v) is 4.55. The van der Waals surface area contributed by atoms with Gasteiger partial charge < -0.3 is 5.73 Å². The summed E-state index contributed by atoms with van der Waals surface area (Å²) >= 11 is 4.88. The molecule has 0 aliphatic rings. The van der Waals surface area contributed by atoms with E-state index in [4.69, 9.17) is 5.73 Å². The second kappa shape index (κ2) is 4.91. The average molecular weight is 336 g/mol. The summed E-state index contributed by atoms with van der Waals surface area (Å²) in [5, 5.41) is 0.609. The van der Waals surface area contributed by atoms with Gasteiger partial charge in [-0.1, -0.05) is 39.4 Å². The predicted molar refractivity (Wildman–Crippen MR) is 70.0 cm³/mol. The summed E-state index contributed by atoms with van der Waals surface area (Å²) in [6, 6.07) is 8.09. The van der Waals surface area contributed by atoms with Crippen LogP contribution in [-0.2, 0) is 0 Å². The second-order valence-electron chi connectivity index (χ2n) is 2.57. The van der Waals surface area contributed by atoms with E-state index in [0.717, 1.165) is 14.9 Å². The Morgan fingerprint density at radius 2 is 1.86 bits per heavy atom. The Balaban J connectivity index is 0.000000980. The smallest absolute Gasteiger partial charge is 0.180 e. The Bertz CT molecular complexity index is 411. The number of benzene rings is 1. The molecule has 14 heavy (non-hydrogen) atoms. The van der Waals surface area contributed by atoms with Crippen molar-refractivity contribution in [1.82, 2.24) is 4.98 Å². The maximum Gasteiger partial charge on any atom is 0.180 e. The van der Waals surface area contributed by atoms with Crippen LogP contribution in [0.4, 0.5) is 5.13 Å². The summed E-state index contributed by atoms with van der Waals surface area (Å²) in [5.41, 5.74) is 6.69. The van der Waals surface area contributed by atoms with Gasteiger partial charge in [0.1, 0.15) is 0 Å². The Hall–Kier alpha value is -0.390.